The van der Waals surface area contributed by atoms with Crippen molar-refractivity contribution < 1.29 is 19.1 Å². The van der Waals surface area contributed by atoms with Gasteiger partial charge < -0.3 is 19.7 Å². The van der Waals surface area contributed by atoms with Gasteiger partial charge in [-0.3, -0.25) is 9.59 Å². The standard InChI is InChI=1S/C18H20N4O4/c1-25-15-7-8-16(21-20-15)26-14-9-10-22(12-14)17(23)11-19-18(24)13-5-3-2-4-6-13/h2-8,14H,9-12H2,1H3,(H,19,24). The molecule has 1 aromatic heterocycles. The Hall–Kier alpha value is -3.16. The molecule has 1 atom stereocenters. The molecule has 0 spiro atoms. The second kappa shape index (κ2) is 8.28. The second-order valence-electron chi connectivity index (χ2n) is 5.83. The zero-order valence-corrected chi connectivity index (χ0v) is 14.4. The number of aromatic nitrogens is 2. The maximum atomic E-state index is 12.3. The fourth-order valence-corrected chi connectivity index (χ4v) is 2.66. The van der Waals surface area contributed by atoms with E-state index in [2.05, 4.69) is 15.5 Å². The number of carbonyl (C=O) groups excluding carboxylic acids is 2. The quantitative estimate of drug-likeness (QED) is 0.826. The van der Waals surface area contributed by atoms with Gasteiger partial charge in [0.2, 0.25) is 17.7 Å². The average Bonchev–Trinajstić information content (AvgIpc) is 3.15. The lowest BCUT2D eigenvalue weighted by atomic mass is 10.2. The van der Waals surface area contributed by atoms with Gasteiger partial charge >= 0.3 is 0 Å². The van der Waals surface area contributed by atoms with Crippen LogP contribution in [0.1, 0.15) is 16.8 Å². The number of likely N-dealkylation sites (tertiary alicyclic amines) is 1. The molecule has 26 heavy (non-hydrogen) atoms. The first-order valence-electron chi connectivity index (χ1n) is 8.31. The molecular weight excluding hydrogens is 336 g/mol. The van der Waals surface area contributed by atoms with E-state index in [1.807, 2.05) is 6.07 Å². The fraction of sp³-hybridized carbons (Fsp3) is 0.333. The molecule has 1 saturated heterocycles. The SMILES string of the molecule is COc1ccc(OC2CCN(C(=O)CNC(=O)c3ccccc3)C2)nn1. The Balaban J connectivity index is 1.45. The van der Waals surface area contributed by atoms with Crippen LogP contribution in [-0.2, 0) is 4.79 Å². The maximum absolute atomic E-state index is 12.3. The molecule has 8 heteroatoms. The number of nitrogens with zero attached hydrogens (tertiary/aromatic N) is 3. The van der Waals surface area contributed by atoms with Crippen LogP contribution in [0, 0.1) is 0 Å². The van der Waals surface area contributed by atoms with E-state index in [0.717, 1.165) is 0 Å². The van der Waals surface area contributed by atoms with Gasteiger partial charge in [0.25, 0.3) is 5.91 Å². The molecule has 1 fully saturated rings. The van der Waals surface area contributed by atoms with Crippen molar-refractivity contribution in [3.05, 3.63) is 48.0 Å². The number of rotatable bonds is 6. The van der Waals surface area contributed by atoms with Gasteiger partial charge in [-0.05, 0) is 12.1 Å². The molecule has 1 unspecified atom stereocenters. The van der Waals surface area contributed by atoms with Gasteiger partial charge in [0.15, 0.2) is 0 Å². The summed E-state index contributed by atoms with van der Waals surface area (Å²) in [7, 11) is 1.52. The molecule has 2 amide bonds. The highest BCUT2D eigenvalue weighted by molar-refractivity contribution is 5.96. The van der Waals surface area contributed by atoms with E-state index in [1.54, 1.807) is 41.3 Å². The van der Waals surface area contributed by atoms with Crippen LogP contribution in [0.5, 0.6) is 11.8 Å². The molecule has 0 aliphatic carbocycles. The Morgan fingerprint density at radius 3 is 2.58 bits per heavy atom. The molecule has 8 nitrogen and oxygen atoms in total. The van der Waals surface area contributed by atoms with Crippen LogP contribution in [0.3, 0.4) is 0 Å². The summed E-state index contributed by atoms with van der Waals surface area (Å²) in [5.74, 6) is 0.401. The molecular formula is C18H20N4O4. The highest BCUT2D eigenvalue weighted by Crippen LogP contribution is 2.17. The largest absolute Gasteiger partial charge is 0.480 e. The Bertz CT molecular complexity index is 752. The van der Waals surface area contributed by atoms with Crippen LogP contribution in [-0.4, -0.2) is 59.8 Å². The number of hydrogen-bond donors (Lipinski definition) is 1. The summed E-state index contributed by atoms with van der Waals surface area (Å²) >= 11 is 0. The lowest BCUT2D eigenvalue weighted by Gasteiger charge is -2.17. The number of nitrogens with one attached hydrogen (secondary N) is 1. The highest BCUT2D eigenvalue weighted by atomic mass is 16.5. The molecule has 3 rings (SSSR count). The number of methoxy groups -OCH3 is 1. The molecule has 1 N–H and O–H groups in total. The van der Waals surface area contributed by atoms with Crippen molar-refractivity contribution in [3.8, 4) is 11.8 Å². The smallest absolute Gasteiger partial charge is 0.251 e. The Kier molecular flexibility index (Phi) is 5.62. The third kappa shape index (κ3) is 4.47. The monoisotopic (exact) mass is 356 g/mol. The van der Waals surface area contributed by atoms with Gasteiger partial charge in [0, 0.05) is 30.7 Å². The lowest BCUT2D eigenvalue weighted by Crippen LogP contribution is -2.39. The van der Waals surface area contributed by atoms with E-state index >= 15 is 0 Å². The Morgan fingerprint density at radius 2 is 1.88 bits per heavy atom. The second-order valence-corrected chi connectivity index (χ2v) is 5.83. The van der Waals surface area contributed by atoms with E-state index in [-0.39, 0.29) is 24.5 Å². The van der Waals surface area contributed by atoms with Crippen molar-refractivity contribution >= 4 is 11.8 Å². The van der Waals surface area contributed by atoms with Crippen LogP contribution in [0.25, 0.3) is 0 Å². The fourth-order valence-electron chi connectivity index (χ4n) is 2.66. The minimum Gasteiger partial charge on any atom is -0.480 e. The van der Waals surface area contributed by atoms with Gasteiger partial charge in [0.05, 0.1) is 20.2 Å². The topological polar surface area (TPSA) is 93.7 Å². The normalized spacial score (nSPS) is 16.2. The first kappa shape index (κ1) is 17.7. The zero-order chi connectivity index (χ0) is 18.4. The van der Waals surface area contributed by atoms with Crippen molar-refractivity contribution in [1.29, 1.82) is 0 Å². The molecule has 2 aromatic rings. The van der Waals surface area contributed by atoms with Crippen molar-refractivity contribution in [2.75, 3.05) is 26.7 Å². The number of amides is 2. The summed E-state index contributed by atoms with van der Waals surface area (Å²) < 4.78 is 10.7. The third-order valence-corrected chi connectivity index (χ3v) is 4.05. The van der Waals surface area contributed by atoms with Crippen LogP contribution in [0.4, 0.5) is 0 Å². The molecule has 0 saturated carbocycles. The third-order valence-electron chi connectivity index (χ3n) is 4.05. The number of hydrogen-bond acceptors (Lipinski definition) is 6. The number of benzene rings is 1. The number of carbonyl (C=O) groups is 2. The van der Waals surface area contributed by atoms with E-state index in [4.69, 9.17) is 9.47 Å². The van der Waals surface area contributed by atoms with Gasteiger partial charge in [-0.25, -0.2) is 0 Å². The Morgan fingerprint density at radius 1 is 1.15 bits per heavy atom. The first-order valence-corrected chi connectivity index (χ1v) is 8.31. The number of ether oxygens (including phenoxy) is 2. The predicted octanol–water partition coefficient (Wildman–Crippen LogP) is 0.895. The summed E-state index contributed by atoms with van der Waals surface area (Å²) in [5.41, 5.74) is 0.529. The lowest BCUT2D eigenvalue weighted by molar-refractivity contribution is -0.129. The van der Waals surface area contributed by atoms with Gasteiger partial charge in [-0.15, -0.1) is 10.2 Å². The summed E-state index contributed by atoms with van der Waals surface area (Å²) in [4.78, 5) is 25.9. The van der Waals surface area contributed by atoms with Crippen molar-refractivity contribution in [1.82, 2.24) is 20.4 Å². The predicted molar refractivity (Wildman–Crippen MR) is 93.0 cm³/mol. The van der Waals surface area contributed by atoms with Crippen molar-refractivity contribution in [3.63, 3.8) is 0 Å². The molecule has 1 aromatic carbocycles. The minimum absolute atomic E-state index is 0.0389. The van der Waals surface area contributed by atoms with Crippen molar-refractivity contribution in [2.24, 2.45) is 0 Å². The zero-order valence-electron chi connectivity index (χ0n) is 14.4. The summed E-state index contributed by atoms with van der Waals surface area (Å²) in [6.07, 6.45) is 0.554. The van der Waals surface area contributed by atoms with Gasteiger partial charge in [-0.1, -0.05) is 18.2 Å². The molecule has 2 heterocycles. The molecule has 0 radical (unpaired) electrons. The van der Waals surface area contributed by atoms with Crippen molar-refractivity contribution in [2.45, 2.75) is 12.5 Å². The van der Waals surface area contributed by atoms with Gasteiger partial charge in [-0.2, -0.15) is 0 Å². The van der Waals surface area contributed by atoms with E-state index in [9.17, 15) is 9.59 Å². The molecule has 0 bridgehead atoms. The summed E-state index contributed by atoms with van der Waals surface area (Å²) in [6.45, 7) is 0.991. The van der Waals surface area contributed by atoms with Crippen LogP contribution in [0.2, 0.25) is 0 Å². The molecule has 136 valence electrons. The maximum Gasteiger partial charge on any atom is 0.251 e. The van der Waals surface area contributed by atoms with Crippen LogP contribution >= 0.6 is 0 Å². The Labute approximate surface area is 151 Å². The minimum atomic E-state index is -0.264. The van der Waals surface area contributed by atoms with Crippen LogP contribution in [0.15, 0.2) is 42.5 Å². The van der Waals surface area contributed by atoms with Gasteiger partial charge in [0.1, 0.15) is 6.10 Å². The van der Waals surface area contributed by atoms with E-state index < -0.39 is 0 Å². The average molecular weight is 356 g/mol. The van der Waals surface area contributed by atoms with E-state index in [1.165, 1.54) is 7.11 Å². The summed E-state index contributed by atoms with van der Waals surface area (Å²) in [6, 6.07) is 12.1. The molecule has 1 aliphatic rings. The summed E-state index contributed by atoms with van der Waals surface area (Å²) in [5, 5.41) is 10.4. The molecule has 1 aliphatic heterocycles. The first-order chi connectivity index (χ1) is 12.7. The van der Waals surface area contributed by atoms with Crippen LogP contribution < -0.4 is 14.8 Å². The highest BCUT2D eigenvalue weighted by Gasteiger charge is 2.28. The van der Waals surface area contributed by atoms with E-state index in [0.29, 0.717) is 36.8 Å².